The van der Waals surface area contributed by atoms with E-state index in [9.17, 15) is 12.8 Å². The highest BCUT2D eigenvalue weighted by molar-refractivity contribution is 7.89. The van der Waals surface area contributed by atoms with Crippen LogP contribution in [0.2, 0.25) is 0 Å². The largest absolute Gasteiger partial charge is 0.494 e. The molecule has 2 heterocycles. The molecule has 1 aliphatic heterocycles. The molecule has 2 aromatic rings. The van der Waals surface area contributed by atoms with Gasteiger partial charge in [-0.2, -0.15) is 4.31 Å². The van der Waals surface area contributed by atoms with Crippen molar-refractivity contribution in [3.8, 4) is 17.0 Å². The minimum atomic E-state index is -3.64. The second kappa shape index (κ2) is 7.09. The number of rotatable bonds is 4. The van der Waals surface area contributed by atoms with Crippen molar-refractivity contribution in [3.05, 3.63) is 42.2 Å². The number of aromatic nitrogens is 1. The highest BCUT2D eigenvalue weighted by Crippen LogP contribution is 2.27. The van der Waals surface area contributed by atoms with E-state index in [1.165, 1.54) is 29.6 Å². The van der Waals surface area contributed by atoms with Gasteiger partial charge in [0, 0.05) is 18.7 Å². The Morgan fingerprint density at radius 3 is 2.56 bits per heavy atom. The number of benzene rings is 1. The Labute approximate surface area is 147 Å². The third kappa shape index (κ3) is 3.67. The zero-order chi connectivity index (χ0) is 18.0. The molecule has 1 aromatic heterocycles. The second-order valence-corrected chi connectivity index (χ2v) is 8.18. The fraction of sp³-hybridized carbons (Fsp3) is 0.389. The molecule has 0 saturated carbocycles. The van der Waals surface area contributed by atoms with Crippen molar-refractivity contribution in [1.82, 2.24) is 9.29 Å². The molecule has 0 amide bonds. The topological polar surface area (TPSA) is 59.5 Å². The van der Waals surface area contributed by atoms with Crippen LogP contribution < -0.4 is 4.74 Å². The normalized spacial score (nSPS) is 16.8. The number of nitrogens with zero attached hydrogens (tertiary/aromatic N) is 2. The molecule has 1 aliphatic rings. The standard InChI is InChI=1S/C18H21FN2O3S/c1-13-8-10-21(11-9-13)25(22,23)18-5-3-4-16(20-18)14-6-7-17(24-2)15(19)12-14/h3-7,12-13H,8-11H2,1-2H3. The minimum absolute atomic E-state index is 0.00391. The van der Waals surface area contributed by atoms with Gasteiger partial charge in [-0.15, -0.1) is 0 Å². The molecule has 0 spiro atoms. The van der Waals surface area contributed by atoms with Crippen molar-refractivity contribution in [1.29, 1.82) is 0 Å². The van der Waals surface area contributed by atoms with E-state index in [-0.39, 0.29) is 10.8 Å². The summed E-state index contributed by atoms with van der Waals surface area (Å²) in [7, 11) is -2.24. The van der Waals surface area contributed by atoms with Crippen LogP contribution in [0, 0.1) is 11.7 Å². The first-order valence-electron chi connectivity index (χ1n) is 8.23. The van der Waals surface area contributed by atoms with Crippen LogP contribution in [-0.2, 0) is 10.0 Å². The van der Waals surface area contributed by atoms with E-state index < -0.39 is 15.8 Å². The Hall–Kier alpha value is -1.99. The molecule has 5 nitrogen and oxygen atoms in total. The van der Waals surface area contributed by atoms with E-state index >= 15 is 0 Å². The van der Waals surface area contributed by atoms with Gasteiger partial charge in [-0.05, 0) is 49.1 Å². The van der Waals surface area contributed by atoms with Crippen molar-refractivity contribution >= 4 is 10.0 Å². The van der Waals surface area contributed by atoms with E-state index in [1.807, 2.05) is 0 Å². The third-order valence-electron chi connectivity index (χ3n) is 4.52. The smallest absolute Gasteiger partial charge is 0.260 e. The van der Waals surface area contributed by atoms with Gasteiger partial charge in [0.25, 0.3) is 10.0 Å². The summed E-state index contributed by atoms with van der Waals surface area (Å²) in [5.41, 5.74) is 0.913. The SMILES string of the molecule is COc1ccc(-c2cccc(S(=O)(=O)N3CCC(C)CC3)n2)cc1F. The van der Waals surface area contributed by atoms with Gasteiger partial charge >= 0.3 is 0 Å². The van der Waals surface area contributed by atoms with Crippen molar-refractivity contribution in [2.24, 2.45) is 5.92 Å². The summed E-state index contributed by atoms with van der Waals surface area (Å²) in [5, 5.41) is -0.00391. The van der Waals surface area contributed by atoms with Gasteiger partial charge in [0.05, 0.1) is 12.8 Å². The summed E-state index contributed by atoms with van der Waals surface area (Å²) in [4.78, 5) is 4.27. The van der Waals surface area contributed by atoms with Gasteiger partial charge in [-0.1, -0.05) is 13.0 Å². The summed E-state index contributed by atoms with van der Waals surface area (Å²) < 4.78 is 45.9. The lowest BCUT2D eigenvalue weighted by Gasteiger charge is -2.29. The maximum absolute atomic E-state index is 13.9. The Morgan fingerprint density at radius 1 is 1.20 bits per heavy atom. The molecular weight excluding hydrogens is 343 g/mol. The first kappa shape index (κ1) is 17.8. The molecule has 1 aromatic carbocycles. The highest BCUT2D eigenvalue weighted by atomic mass is 32.2. The Morgan fingerprint density at radius 2 is 1.92 bits per heavy atom. The Kier molecular flexibility index (Phi) is 5.06. The fourth-order valence-corrected chi connectivity index (χ4v) is 4.32. The molecule has 25 heavy (non-hydrogen) atoms. The first-order chi connectivity index (χ1) is 11.9. The Bertz CT molecular complexity index is 862. The lowest BCUT2D eigenvalue weighted by Crippen LogP contribution is -2.38. The number of piperidine rings is 1. The zero-order valence-corrected chi connectivity index (χ0v) is 15.1. The predicted octanol–water partition coefficient (Wildman–Crippen LogP) is 3.32. The highest BCUT2D eigenvalue weighted by Gasteiger charge is 2.29. The number of ether oxygens (including phenoxy) is 1. The molecule has 3 rings (SSSR count). The average molecular weight is 364 g/mol. The number of methoxy groups -OCH3 is 1. The molecule has 134 valence electrons. The maximum atomic E-state index is 13.9. The number of hydrogen-bond acceptors (Lipinski definition) is 4. The summed E-state index contributed by atoms with van der Waals surface area (Å²) >= 11 is 0. The first-order valence-corrected chi connectivity index (χ1v) is 9.67. The molecular formula is C18H21FN2O3S. The summed E-state index contributed by atoms with van der Waals surface area (Å²) in [6.07, 6.45) is 1.70. The third-order valence-corrected chi connectivity index (χ3v) is 6.32. The summed E-state index contributed by atoms with van der Waals surface area (Å²) in [5.74, 6) is 0.156. The summed E-state index contributed by atoms with van der Waals surface area (Å²) in [6, 6.07) is 9.22. The van der Waals surface area contributed by atoms with Gasteiger partial charge in [0.1, 0.15) is 0 Å². The summed E-state index contributed by atoms with van der Waals surface area (Å²) in [6.45, 7) is 3.14. The molecule has 0 unspecified atom stereocenters. The van der Waals surface area contributed by atoms with Crippen LogP contribution in [0.15, 0.2) is 41.4 Å². The maximum Gasteiger partial charge on any atom is 0.260 e. The van der Waals surface area contributed by atoms with Crippen LogP contribution in [0.5, 0.6) is 5.75 Å². The van der Waals surface area contributed by atoms with E-state index in [4.69, 9.17) is 4.74 Å². The minimum Gasteiger partial charge on any atom is -0.494 e. The van der Waals surface area contributed by atoms with Gasteiger partial charge in [-0.25, -0.2) is 17.8 Å². The quantitative estimate of drug-likeness (QED) is 0.835. The van der Waals surface area contributed by atoms with Crippen LogP contribution in [0.1, 0.15) is 19.8 Å². The fourth-order valence-electron chi connectivity index (χ4n) is 2.90. The number of pyridine rings is 1. The number of halogens is 1. The molecule has 0 radical (unpaired) electrons. The van der Waals surface area contributed by atoms with Gasteiger partial charge < -0.3 is 4.74 Å². The van der Waals surface area contributed by atoms with Crippen LogP contribution in [0.3, 0.4) is 0 Å². The zero-order valence-electron chi connectivity index (χ0n) is 14.3. The van der Waals surface area contributed by atoms with Crippen molar-refractivity contribution < 1.29 is 17.5 Å². The predicted molar refractivity (Wildman–Crippen MR) is 93.3 cm³/mol. The molecule has 0 N–H and O–H groups in total. The number of hydrogen-bond donors (Lipinski definition) is 0. The van der Waals surface area contributed by atoms with E-state index in [0.29, 0.717) is 30.3 Å². The van der Waals surface area contributed by atoms with Gasteiger partial charge in [-0.3, -0.25) is 0 Å². The van der Waals surface area contributed by atoms with E-state index in [1.54, 1.807) is 18.2 Å². The molecule has 0 aliphatic carbocycles. The van der Waals surface area contributed by atoms with Crippen molar-refractivity contribution in [3.63, 3.8) is 0 Å². The molecule has 7 heteroatoms. The molecule has 1 fully saturated rings. The van der Waals surface area contributed by atoms with E-state index in [2.05, 4.69) is 11.9 Å². The molecule has 0 bridgehead atoms. The average Bonchev–Trinajstić information content (AvgIpc) is 2.62. The monoisotopic (exact) mass is 364 g/mol. The van der Waals surface area contributed by atoms with Crippen molar-refractivity contribution in [2.75, 3.05) is 20.2 Å². The lowest BCUT2D eigenvalue weighted by molar-refractivity contribution is 0.287. The van der Waals surface area contributed by atoms with Crippen LogP contribution in [0.4, 0.5) is 4.39 Å². The van der Waals surface area contributed by atoms with Crippen molar-refractivity contribution in [2.45, 2.75) is 24.8 Å². The van der Waals surface area contributed by atoms with E-state index in [0.717, 1.165) is 12.8 Å². The lowest BCUT2D eigenvalue weighted by atomic mass is 10.0. The number of sulfonamides is 1. The van der Waals surface area contributed by atoms with Crippen LogP contribution >= 0.6 is 0 Å². The Balaban J connectivity index is 1.92. The molecule has 1 saturated heterocycles. The van der Waals surface area contributed by atoms with Crippen LogP contribution in [-0.4, -0.2) is 37.9 Å². The second-order valence-electron chi connectivity index (χ2n) is 6.30. The van der Waals surface area contributed by atoms with Gasteiger partial charge in [0.2, 0.25) is 0 Å². The van der Waals surface area contributed by atoms with Crippen LogP contribution in [0.25, 0.3) is 11.3 Å². The molecule has 0 atom stereocenters. The van der Waals surface area contributed by atoms with Gasteiger partial charge in [0.15, 0.2) is 16.6 Å².